The van der Waals surface area contributed by atoms with E-state index in [-0.39, 0.29) is 5.91 Å². The first-order valence-corrected chi connectivity index (χ1v) is 6.23. The average Bonchev–Trinajstić information content (AvgIpc) is 2.85. The first kappa shape index (κ1) is 13.1. The highest BCUT2D eigenvalue weighted by Crippen LogP contribution is 2.17. The lowest BCUT2D eigenvalue weighted by atomic mass is 10.1. The summed E-state index contributed by atoms with van der Waals surface area (Å²) in [6.45, 7) is 1.88. The van der Waals surface area contributed by atoms with Crippen molar-refractivity contribution in [1.29, 1.82) is 0 Å². The van der Waals surface area contributed by atoms with Crippen LogP contribution in [0.5, 0.6) is 0 Å². The van der Waals surface area contributed by atoms with Gasteiger partial charge < -0.3 is 15.4 Å². The number of nitrogens with one attached hydrogen (secondary N) is 2. The molecule has 0 aliphatic heterocycles. The van der Waals surface area contributed by atoms with Gasteiger partial charge in [0, 0.05) is 22.7 Å². The number of fused-ring (bicyclic) bond motifs is 1. The van der Waals surface area contributed by atoms with Gasteiger partial charge in [-0.15, -0.1) is 0 Å². The highest BCUT2D eigenvalue weighted by molar-refractivity contribution is 6.07. The Morgan fingerprint density at radius 2 is 2.16 bits per heavy atom. The summed E-state index contributed by atoms with van der Waals surface area (Å²) in [5.41, 5.74) is 1.34. The summed E-state index contributed by atoms with van der Waals surface area (Å²) >= 11 is 0. The van der Waals surface area contributed by atoms with Gasteiger partial charge in [-0.05, 0) is 24.6 Å². The summed E-state index contributed by atoms with van der Waals surface area (Å²) in [5, 5.41) is 12.4. The topological polar surface area (TPSA) is 82.2 Å². The van der Waals surface area contributed by atoms with E-state index >= 15 is 0 Å². The molecule has 0 aliphatic carbocycles. The Morgan fingerprint density at radius 1 is 1.37 bits per heavy atom. The summed E-state index contributed by atoms with van der Waals surface area (Å²) in [5.74, 6) is -1.36. The minimum atomic E-state index is -1.00. The number of carbonyl (C=O) groups excluding carboxylic acids is 1. The molecular weight excluding hydrogens is 244 g/mol. The van der Waals surface area contributed by atoms with Crippen LogP contribution in [0.15, 0.2) is 30.5 Å². The second kappa shape index (κ2) is 5.56. The zero-order valence-electron chi connectivity index (χ0n) is 10.6. The maximum atomic E-state index is 12.2. The second-order valence-electron chi connectivity index (χ2n) is 4.40. The fourth-order valence-electron chi connectivity index (χ4n) is 2.07. The Kier molecular flexibility index (Phi) is 3.85. The average molecular weight is 260 g/mol. The van der Waals surface area contributed by atoms with Crippen LogP contribution in [-0.4, -0.2) is 28.0 Å². The summed E-state index contributed by atoms with van der Waals surface area (Å²) in [4.78, 5) is 26.2. The molecule has 1 aromatic carbocycles. The number of carboxylic acid groups (broad SMARTS) is 1. The first-order valence-electron chi connectivity index (χ1n) is 6.23. The van der Waals surface area contributed by atoms with E-state index in [2.05, 4.69) is 10.3 Å². The molecule has 0 radical (unpaired) electrons. The van der Waals surface area contributed by atoms with E-state index in [1.54, 1.807) is 24.4 Å². The highest BCUT2D eigenvalue weighted by atomic mass is 16.4. The van der Waals surface area contributed by atoms with Gasteiger partial charge in [0.2, 0.25) is 0 Å². The predicted octanol–water partition coefficient (Wildman–Crippen LogP) is 2.15. The van der Waals surface area contributed by atoms with Crippen LogP contribution < -0.4 is 5.32 Å². The molecule has 1 amide bonds. The fraction of sp³-hybridized carbons (Fsp3) is 0.286. The van der Waals surface area contributed by atoms with Gasteiger partial charge in [-0.1, -0.05) is 19.4 Å². The third kappa shape index (κ3) is 2.76. The minimum absolute atomic E-state index is 0.356. The number of aromatic nitrogens is 1. The van der Waals surface area contributed by atoms with Gasteiger partial charge in [-0.3, -0.25) is 4.79 Å². The molecule has 1 atom stereocenters. The van der Waals surface area contributed by atoms with Gasteiger partial charge in [-0.25, -0.2) is 4.79 Å². The van der Waals surface area contributed by atoms with E-state index < -0.39 is 12.0 Å². The van der Waals surface area contributed by atoms with Gasteiger partial charge >= 0.3 is 5.97 Å². The minimum Gasteiger partial charge on any atom is -0.480 e. The Bertz CT molecular complexity index is 604. The molecule has 0 unspecified atom stereocenters. The molecule has 100 valence electrons. The lowest BCUT2D eigenvalue weighted by Gasteiger charge is -2.13. The van der Waals surface area contributed by atoms with Crippen molar-refractivity contribution in [2.24, 2.45) is 0 Å². The molecule has 0 bridgehead atoms. The normalized spacial score (nSPS) is 12.3. The van der Waals surface area contributed by atoms with E-state index in [0.29, 0.717) is 18.4 Å². The van der Waals surface area contributed by atoms with Crippen molar-refractivity contribution in [1.82, 2.24) is 10.3 Å². The monoisotopic (exact) mass is 260 g/mol. The van der Waals surface area contributed by atoms with E-state index in [9.17, 15) is 9.59 Å². The third-order valence-corrected chi connectivity index (χ3v) is 3.02. The molecule has 3 N–H and O–H groups in total. The van der Waals surface area contributed by atoms with Gasteiger partial charge in [-0.2, -0.15) is 0 Å². The number of benzene rings is 1. The largest absolute Gasteiger partial charge is 0.480 e. The molecular formula is C14H16N2O3. The van der Waals surface area contributed by atoms with Crippen molar-refractivity contribution in [3.05, 3.63) is 36.0 Å². The molecule has 1 heterocycles. The van der Waals surface area contributed by atoms with Crippen molar-refractivity contribution in [2.75, 3.05) is 0 Å². The van der Waals surface area contributed by atoms with Gasteiger partial charge in [0.25, 0.3) is 5.91 Å². The van der Waals surface area contributed by atoms with Crippen LogP contribution in [0.25, 0.3) is 10.9 Å². The first-order chi connectivity index (χ1) is 9.13. The number of carbonyl (C=O) groups is 2. The Hall–Kier alpha value is -2.30. The maximum Gasteiger partial charge on any atom is 0.326 e. The summed E-state index contributed by atoms with van der Waals surface area (Å²) in [7, 11) is 0. The van der Waals surface area contributed by atoms with Gasteiger partial charge in [0.15, 0.2) is 0 Å². The highest BCUT2D eigenvalue weighted by Gasteiger charge is 2.20. The molecule has 0 spiro atoms. The van der Waals surface area contributed by atoms with Crippen molar-refractivity contribution in [3.63, 3.8) is 0 Å². The zero-order chi connectivity index (χ0) is 13.8. The SMILES string of the molecule is CCC[C@H](NC(=O)c1cccc2[nH]ccc12)C(=O)O. The Balaban J connectivity index is 2.24. The molecule has 0 saturated heterocycles. The number of aliphatic carboxylic acids is 1. The molecule has 0 saturated carbocycles. The molecule has 0 aliphatic rings. The number of hydrogen-bond acceptors (Lipinski definition) is 2. The fourth-order valence-corrected chi connectivity index (χ4v) is 2.07. The number of rotatable bonds is 5. The van der Waals surface area contributed by atoms with E-state index in [1.165, 1.54) is 0 Å². The van der Waals surface area contributed by atoms with Crippen molar-refractivity contribution < 1.29 is 14.7 Å². The second-order valence-corrected chi connectivity index (χ2v) is 4.40. The number of carboxylic acids is 1. The van der Waals surface area contributed by atoms with E-state index in [4.69, 9.17) is 5.11 Å². The van der Waals surface area contributed by atoms with Crippen LogP contribution in [0.1, 0.15) is 30.1 Å². The molecule has 2 rings (SSSR count). The van der Waals surface area contributed by atoms with Crippen LogP contribution in [0.3, 0.4) is 0 Å². The van der Waals surface area contributed by atoms with Crippen LogP contribution in [0.2, 0.25) is 0 Å². The molecule has 5 heteroatoms. The van der Waals surface area contributed by atoms with Crippen LogP contribution in [0, 0.1) is 0 Å². The number of aromatic amines is 1. The molecule has 0 fully saturated rings. The van der Waals surface area contributed by atoms with Crippen LogP contribution in [0.4, 0.5) is 0 Å². The summed E-state index contributed by atoms with van der Waals surface area (Å²) < 4.78 is 0. The van der Waals surface area contributed by atoms with Gasteiger partial charge in [0.1, 0.15) is 6.04 Å². The van der Waals surface area contributed by atoms with Crippen LogP contribution >= 0.6 is 0 Å². The summed E-state index contributed by atoms with van der Waals surface area (Å²) in [6.07, 6.45) is 2.87. The number of amides is 1. The van der Waals surface area contributed by atoms with Crippen molar-refractivity contribution >= 4 is 22.8 Å². The van der Waals surface area contributed by atoms with Gasteiger partial charge in [0.05, 0.1) is 0 Å². The maximum absolute atomic E-state index is 12.2. The standard InChI is InChI=1S/C14H16N2O3/c1-2-4-12(14(18)19)16-13(17)10-5-3-6-11-9(10)7-8-15-11/h3,5-8,12,15H,2,4H2,1H3,(H,16,17)(H,18,19)/t12-/m0/s1. The van der Waals surface area contributed by atoms with E-state index in [0.717, 1.165) is 10.9 Å². The molecule has 19 heavy (non-hydrogen) atoms. The molecule has 5 nitrogen and oxygen atoms in total. The number of H-pyrrole nitrogens is 1. The lowest BCUT2D eigenvalue weighted by Crippen LogP contribution is -2.40. The lowest BCUT2D eigenvalue weighted by molar-refractivity contribution is -0.139. The molecule has 1 aromatic heterocycles. The predicted molar refractivity (Wildman–Crippen MR) is 72.1 cm³/mol. The van der Waals surface area contributed by atoms with Crippen LogP contribution in [-0.2, 0) is 4.79 Å². The van der Waals surface area contributed by atoms with Crippen molar-refractivity contribution in [2.45, 2.75) is 25.8 Å². The summed E-state index contributed by atoms with van der Waals surface area (Å²) in [6, 6.07) is 6.29. The zero-order valence-corrected chi connectivity index (χ0v) is 10.6. The van der Waals surface area contributed by atoms with Crippen molar-refractivity contribution in [3.8, 4) is 0 Å². The van der Waals surface area contributed by atoms with E-state index in [1.807, 2.05) is 13.0 Å². The Labute approximate surface area is 110 Å². The molecule has 2 aromatic rings. The Morgan fingerprint density at radius 3 is 2.84 bits per heavy atom. The third-order valence-electron chi connectivity index (χ3n) is 3.02. The number of hydrogen-bond donors (Lipinski definition) is 3. The smallest absolute Gasteiger partial charge is 0.326 e. The quantitative estimate of drug-likeness (QED) is 0.770.